The molecule has 4 aromatic rings. The fourth-order valence-electron chi connectivity index (χ4n) is 6.50. The van der Waals surface area contributed by atoms with Crippen molar-refractivity contribution in [2.45, 2.75) is 44.1 Å². The van der Waals surface area contributed by atoms with Crippen molar-refractivity contribution in [1.82, 2.24) is 14.8 Å². The van der Waals surface area contributed by atoms with Crippen molar-refractivity contribution in [2.75, 3.05) is 26.2 Å². The summed E-state index contributed by atoms with van der Waals surface area (Å²) in [6, 6.07) is 20.8. The number of hydrogen-bond acceptors (Lipinski definition) is 5. The summed E-state index contributed by atoms with van der Waals surface area (Å²) in [6.07, 6.45) is -2.10. The van der Waals surface area contributed by atoms with E-state index < -0.39 is 24.7 Å². The van der Waals surface area contributed by atoms with Crippen molar-refractivity contribution < 1.29 is 18.6 Å². The Bertz CT molecular complexity index is 1530. The summed E-state index contributed by atoms with van der Waals surface area (Å²) in [7, 11) is 0. The number of benzene rings is 3. The average molecular weight is 528 g/mol. The van der Waals surface area contributed by atoms with Gasteiger partial charge in [-0.25, -0.2) is 8.78 Å². The minimum atomic E-state index is -1.68. The SMILES string of the molecule is C[C@@H](O)C(Oc1cccc2ncccc12)N1CCN(C2c3ccccc3C(F)C(F)c3c2ccc2c3C2)CC1. The maximum Gasteiger partial charge on any atom is 0.178 e. The zero-order valence-electron chi connectivity index (χ0n) is 21.8. The third kappa shape index (κ3) is 4.20. The molecule has 0 spiro atoms. The van der Waals surface area contributed by atoms with Gasteiger partial charge in [-0.05, 0) is 71.0 Å². The summed E-state index contributed by atoms with van der Waals surface area (Å²) < 4.78 is 37.7. The molecule has 1 aromatic heterocycles. The van der Waals surface area contributed by atoms with Gasteiger partial charge in [-0.2, -0.15) is 0 Å². The van der Waals surface area contributed by atoms with Gasteiger partial charge in [0.05, 0.1) is 11.6 Å². The molecular weight excluding hydrogens is 496 g/mol. The first-order valence-corrected chi connectivity index (χ1v) is 13.7. The second kappa shape index (κ2) is 9.66. The largest absolute Gasteiger partial charge is 0.472 e. The van der Waals surface area contributed by atoms with E-state index in [4.69, 9.17) is 4.74 Å². The Morgan fingerprint density at radius 1 is 0.872 bits per heavy atom. The van der Waals surface area contributed by atoms with Crippen LogP contribution in [0.25, 0.3) is 10.9 Å². The molecule has 7 heteroatoms. The third-order valence-electron chi connectivity index (χ3n) is 8.49. The number of piperazine rings is 1. The molecule has 1 saturated heterocycles. The first-order chi connectivity index (χ1) is 19.0. The minimum Gasteiger partial charge on any atom is -0.472 e. The maximum absolute atomic E-state index is 15.7. The summed E-state index contributed by atoms with van der Waals surface area (Å²) in [5.74, 6) is 0.685. The molecule has 0 bridgehead atoms. The van der Waals surface area contributed by atoms with Crippen LogP contribution in [0.1, 0.15) is 58.7 Å². The topological polar surface area (TPSA) is 48.8 Å². The summed E-state index contributed by atoms with van der Waals surface area (Å²) in [5, 5.41) is 11.6. The number of alkyl halides is 2. The van der Waals surface area contributed by atoms with Gasteiger partial charge in [0.25, 0.3) is 0 Å². The van der Waals surface area contributed by atoms with Gasteiger partial charge in [-0.1, -0.05) is 42.5 Å². The van der Waals surface area contributed by atoms with E-state index in [1.807, 2.05) is 48.5 Å². The second-order valence-corrected chi connectivity index (χ2v) is 10.9. The van der Waals surface area contributed by atoms with Crippen molar-refractivity contribution in [3.63, 3.8) is 0 Å². The van der Waals surface area contributed by atoms with E-state index in [-0.39, 0.29) is 6.04 Å². The summed E-state index contributed by atoms with van der Waals surface area (Å²) in [6.45, 7) is 4.39. The van der Waals surface area contributed by atoms with Crippen LogP contribution in [0.3, 0.4) is 0 Å². The van der Waals surface area contributed by atoms with E-state index in [0.717, 1.165) is 39.6 Å². The Balaban J connectivity index is 1.17. The molecule has 1 fully saturated rings. The van der Waals surface area contributed by atoms with Gasteiger partial charge < -0.3 is 9.84 Å². The van der Waals surface area contributed by atoms with Crippen molar-refractivity contribution in [3.8, 4) is 5.75 Å². The fourth-order valence-corrected chi connectivity index (χ4v) is 6.50. The summed E-state index contributed by atoms with van der Waals surface area (Å²) in [5.41, 5.74) is 5.66. The van der Waals surface area contributed by atoms with Gasteiger partial charge in [-0.3, -0.25) is 14.8 Å². The van der Waals surface area contributed by atoms with Crippen LogP contribution >= 0.6 is 0 Å². The van der Waals surface area contributed by atoms with E-state index in [1.54, 1.807) is 25.3 Å². The molecule has 0 saturated carbocycles. The molecule has 2 heterocycles. The van der Waals surface area contributed by atoms with Crippen molar-refractivity contribution >= 4 is 10.9 Å². The van der Waals surface area contributed by atoms with E-state index in [1.165, 1.54) is 0 Å². The van der Waals surface area contributed by atoms with Crippen LogP contribution in [0.2, 0.25) is 0 Å². The van der Waals surface area contributed by atoms with Gasteiger partial charge in [-0.15, -0.1) is 0 Å². The van der Waals surface area contributed by atoms with Crippen molar-refractivity contribution in [3.05, 3.63) is 106 Å². The molecule has 0 amide bonds. The lowest BCUT2D eigenvalue weighted by Gasteiger charge is -2.43. The van der Waals surface area contributed by atoms with Gasteiger partial charge in [0, 0.05) is 37.8 Å². The van der Waals surface area contributed by atoms with Crippen LogP contribution in [0.4, 0.5) is 8.78 Å². The van der Waals surface area contributed by atoms with Crippen LogP contribution in [-0.4, -0.2) is 58.4 Å². The predicted molar refractivity (Wildman–Crippen MR) is 146 cm³/mol. The molecule has 4 unspecified atom stereocenters. The number of nitrogens with zero attached hydrogens (tertiary/aromatic N) is 3. The number of rotatable bonds is 5. The highest BCUT2D eigenvalue weighted by atomic mass is 19.2. The summed E-state index contributed by atoms with van der Waals surface area (Å²) >= 11 is 0. The predicted octanol–water partition coefficient (Wildman–Crippen LogP) is 5.67. The standard InChI is InChI=1S/C32H31F2N3O2/c1-19(38)32(39-27-10-4-9-26-23(27)8-5-13-35-26)37-16-14-36(15-17-37)31-22-7-3-2-6-21(22)29(33)30(34)28-24(31)12-11-20-18-25(20)28/h2-13,19,29-32,38H,14-18H2,1H3/t19-,29?,30?,31?,32?/m1/s1. The van der Waals surface area contributed by atoms with Gasteiger partial charge in [0.15, 0.2) is 18.6 Å². The zero-order chi connectivity index (χ0) is 26.7. The number of hydrogen-bond donors (Lipinski definition) is 1. The molecule has 200 valence electrons. The van der Waals surface area contributed by atoms with E-state index in [2.05, 4.69) is 20.9 Å². The van der Waals surface area contributed by atoms with Crippen molar-refractivity contribution in [1.29, 1.82) is 0 Å². The molecule has 3 aromatic carbocycles. The fraction of sp³-hybridized carbons (Fsp3) is 0.344. The number of halogens is 2. The van der Waals surface area contributed by atoms with Crippen molar-refractivity contribution in [2.24, 2.45) is 0 Å². The van der Waals surface area contributed by atoms with E-state index in [9.17, 15) is 5.11 Å². The van der Waals surface area contributed by atoms with Crippen LogP contribution in [0, 0.1) is 0 Å². The van der Waals surface area contributed by atoms with E-state index in [0.29, 0.717) is 43.1 Å². The summed E-state index contributed by atoms with van der Waals surface area (Å²) in [4.78, 5) is 8.90. The number of pyridine rings is 1. The average Bonchev–Trinajstić information content (AvgIpc) is 3.76. The molecule has 1 N–H and O–H groups in total. The molecule has 0 radical (unpaired) electrons. The highest BCUT2D eigenvalue weighted by molar-refractivity contribution is 5.84. The Labute approximate surface area is 226 Å². The lowest BCUT2D eigenvalue weighted by atomic mass is 9.92. The number of aromatic nitrogens is 1. The van der Waals surface area contributed by atoms with Crippen LogP contribution in [0.15, 0.2) is 72.9 Å². The molecule has 5 atom stereocenters. The Morgan fingerprint density at radius 3 is 2.46 bits per heavy atom. The first kappa shape index (κ1) is 24.6. The first-order valence-electron chi connectivity index (χ1n) is 13.7. The highest BCUT2D eigenvalue weighted by Gasteiger charge is 2.43. The minimum absolute atomic E-state index is 0.224. The Kier molecular flexibility index (Phi) is 6.10. The van der Waals surface area contributed by atoms with Gasteiger partial charge >= 0.3 is 0 Å². The molecule has 3 aliphatic rings. The van der Waals surface area contributed by atoms with Gasteiger partial charge in [0.1, 0.15) is 11.9 Å². The van der Waals surface area contributed by atoms with Crippen LogP contribution < -0.4 is 4.74 Å². The molecule has 2 aliphatic carbocycles. The number of aliphatic hydroxyl groups is 1. The third-order valence-corrected chi connectivity index (χ3v) is 8.49. The van der Waals surface area contributed by atoms with Crippen LogP contribution in [-0.2, 0) is 6.42 Å². The smallest absolute Gasteiger partial charge is 0.178 e. The molecular formula is C32H31F2N3O2. The number of ether oxygens (including phenoxy) is 1. The quantitative estimate of drug-likeness (QED) is 0.319. The molecule has 7 rings (SSSR count). The lowest BCUT2D eigenvalue weighted by molar-refractivity contribution is -0.0763. The maximum atomic E-state index is 15.7. The Morgan fingerprint density at radius 2 is 1.67 bits per heavy atom. The number of fused-ring (bicyclic) bond motifs is 5. The normalized spacial score (nSPS) is 24.3. The Hall–Kier alpha value is -3.39. The molecule has 39 heavy (non-hydrogen) atoms. The highest BCUT2D eigenvalue weighted by Crippen LogP contribution is 2.52. The lowest BCUT2D eigenvalue weighted by Crippen LogP contribution is -2.56. The zero-order valence-corrected chi connectivity index (χ0v) is 21.8. The molecule has 1 aliphatic heterocycles. The number of aliphatic hydroxyl groups excluding tert-OH is 1. The van der Waals surface area contributed by atoms with Crippen LogP contribution in [0.5, 0.6) is 5.75 Å². The molecule has 5 nitrogen and oxygen atoms in total. The second-order valence-electron chi connectivity index (χ2n) is 10.9. The monoisotopic (exact) mass is 527 g/mol. The van der Waals surface area contributed by atoms with Gasteiger partial charge in [0.2, 0.25) is 0 Å². The van der Waals surface area contributed by atoms with E-state index >= 15 is 8.78 Å².